The van der Waals surface area contributed by atoms with E-state index in [1.807, 2.05) is 31.2 Å². The fourth-order valence-electron chi connectivity index (χ4n) is 2.89. The standard InChI is InChI=1S/C19H23NO5S/c1-3-24-17-8-10-18(11-9-17)26(21,22)20-12-13-25-19(14-20)15-4-6-16(23-2)7-5-15/h4-11,19H,3,12-14H2,1-2H3. The summed E-state index contributed by atoms with van der Waals surface area (Å²) in [6.07, 6.45) is -0.299. The number of hydrogen-bond acceptors (Lipinski definition) is 5. The van der Waals surface area contributed by atoms with Crippen molar-refractivity contribution in [1.82, 2.24) is 4.31 Å². The topological polar surface area (TPSA) is 65.1 Å². The quantitative estimate of drug-likeness (QED) is 0.775. The highest BCUT2D eigenvalue weighted by atomic mass is 32.2. The third-order valence-electron chi connectivity index (χ3n) is 4.29. The molecule has 0 aliphatic carbocycles. The van der Waals surface area contributed by atoms with Crippen molar-refractivity contribution in [1.29, 1.82) is 0 Å². The Kier molecular flexibility index (Phi) is 5.80. The lowest BCUT2D eigenvalue weighted by atomic mass is 10.1. The molecule has 2 aromatic rings. The Morgan fingerprint density at radius 1 is 1.08 bits per heavy atom. The van der Waals surface area contributed by atoms with Crippen LogP contribution in [0.15, 0.2) is 53.4 Å². The predicted molar refractivity (Wildman–Crippen MR) is 98.1 cm³/mol. The smallest absolute Gasteiger partial charge is 0.243 e. The van der Waals surface area contributed by atoms with Gasteiger partial charge >= 0.3 is 0 Å². The molecule has 7 heteroatoms. The van der Waals surface area contributed by atoms with Gasteiger partial charge < -0.3 is 14.2 Å². The molecule has 1 aliphatic heterocycles. The molecule has 1 unspecified atom stereocenters. The molecule has 0 bridgehead atoms. The zero-order chi connectivity index (χ0) is 18.6. The molecule has 1 saturated heterocycles. The van der Waals surface area contributed by atoms with E-state index in [0.29, 0.717) is 25.5 Å². The van der Waals surface area contributed by atoms with Crippen LogP contribution >= 0.6 is 0 Å². The number of methoxy groups -OCH3 is 1. The fraction of sp³-hybridized carbons (Fsp3) is 0.368. The number of nitrogens with zero attached hydrogens (tertiary/aromatic N) is 1. The summed E-state index contributed by atoms with van der Waals surface area (Å²) in [5.74, 6) is 1.41. The third kappa shape index (κ3) is 4.00. The number of morpholine rings is 1. The van der Waals surface area contributed by atoms with Gasteiger partial charge in [0.2, 0.25) is 10.0 Å². The van der Waals surface area contributed by atoms with Crippen LogP contribution in [0.2, 0.25) is 0 Å². The van der Waals surface area contributed by atoms with E-state index in [0.717, 1.165) is 11.3 Å². The van der Waals surface area contributed by atoms with E-state index >= 15 is 0 Å². The molecule has 1 aliphatic rings. The Hall–Kier alpha value is -2.09. The second-order valence-corrected chi connectivity index (χ2v) is 7.84. The van der Waals surface area contributed by atoms with Crippen molar-refractivity contribution in [3.8, 4) is 11.5 Å². The highest BCUT2D eigenvalue weighted by Gasteiger charge is 2.31. The fourth-order valence-corrected chi connectivity index (χ4v) is 4.31. The van der Waals surface area contributed by atoms with E-state index in [1.165, 1.54) is 4.31 Å². The monoisotopic (exact) mass is 377 g/mol. The van der Waals surface area contributed by atoms with E-state index in [9.17, 15) is 8.42 Å². The molecule has 1 fully saturated rings. The maximum Gasteiger partial charge on any atom is 0.243 e. The normalized spacial score (nSPS) is 18.5. The zero-order valence-electron chi connectivity index (χ0n) is 14.9. The van der Waals surface area contributed by atoms with Gasteiger partial charge in [0, 0.05) is 13.1 Å². The Balaban J connectivity index is 1.76. The van der Waals surface area contributed by atoms with Gasteiger partial charge in [0.05, 0.1) is 31.3 Å². The molecule has 0 N–H and O–H groups in total. The first-order chi connectivity index (χ1) is 12.5. The molecule has 0 saturated carbocycles. The van der Waals surface area contributed by atoms with Crippen LogP contribution in [0.25, 0.3) is 0 Å². The van der Waals surface area contributed by atoms with Crippen molar-refractivity contribution in [2.45, 2.75) is 17.9 Å². The van der Waals surface area contributed by atoms with Crippen LogP contribution in [-0.2, 0) is 14.8 Å². The summed E-state index contributed by atoms with van der Waals surface area (Å²) < 4.78 is 43.7. The Labute approximate surface area is 154 Å². The number of rotatable bonds is 6. The lowest BCUT2D eigenvalue weighted by molar-refractivity contribution is -0.00257. The average molecular weight is 377 g/mol. The lowest BCUT2D eigenvalue weighted by Gasteiger charge is -2.32. The number of hydrogen-bond donors (Lipinski definition) is 0. The van der Waals surface area contributed by atoms with Crippen molar-refractivity contribution in [2.24, 2.45) is 0 Å². The molecule has 3 rings (SSSR count). The van der Waals surface area contributed by atoms with Crippen molar-refractivity contribution >= 4 is 10.0 Å². The molecule has 0 aromatic heterocycles. The van der Waals surface area contributed by atoms with Gasteiger partial charge in [-0.25, -0.2) is 8.42 Å². The van der Waals surface area contributed by atoms with Gasteiger partial charge in [-0.15, -0.1) is 0 Å². The molecule has 6 nitrogen and oxygen atoms in total. The molecule has 0 amide bonds. The van der Waals surface area contributed by atoms with Gasteiger partial charge in [-0.1, -0.05) is 12.1 Å². The van der Waals surface area contributed by atoms with Gasteiger partial charge in [0.25, 0.3) is 0 Å². The van der Waals surface area contributed by atoms with Crippen LogP contribution < -0.4 is 9.47 Å². The van der Waals surface area contributed by atoms with Crippen LogP contribution in [0.3, 0.4) is 0 Å². The maximum absolute atomic E-state index is 12.9. The summed E-state index contributed by atoms with van der Waals surface area (Å²) in [6, 6.07) is 14.0. The van der Waals surface area contributed by atoms with Gasteiger partial charge in [0.1, 0.15) is 11.5 Å². The van der Waals surface area contributed by atoms with Gasteiger partial charge in [-0.3, -0.25) is 0 Å². The minimum absolute atomic E-state index is 0.260. The first kappa shape index (κ1) is 18.7. The Bertz CT molecular complexity index is 818. The van der Waals surface area contributed by atoms with Gasteiger partial charge in [-0.2, -0.15) is 4.31 Å². The third-order valence-corrected chi connectivity index (χ3v) is 6.17. The van der Waals surface area contributed by atoms with E-state index in [1.54, 1.807) is 31.4 Å². The van der Waals surface area contributed by atoms with Gasteiger partial charge in [-0.05, 0) is 48.9 Å². The van der Waals surface area contributed by atoms with Crippen LogP contribution in [0.4, 0.5) is 0 Å². The highest BCUT2D eigenvalue weighted by molar-refractivity contribution is 7.89. The van der Waals surface area contributed by atoms with Gasteiger partial charge in [0.15, 0.2) is 0 Å². The maximum atomic E-state index is 12.9. The van der Waals surface area contributed by atoms with E-state index in [2.05, 4.69) is 0 Å². The van der Waals surface area contributed by atoms with Crippen LogP contribution in [-0.4, -0.2) is 46.1 Å². The molecule has 26 heavy (non-hydrogen) atoms. The minimum atomic E-state index is -3.57. The summed E-state index contributed by atoms with van der Waals surface area (Å²) in [5.41, 5.74) is 0.928. The molecule has 0 radical (unpaired) electrons. The molecule has 0 spiro atoms. The van der Waals surface area contributed by atoms with Crippen molar-refractivity contribution in [3.63, 3.8) is 0 Å². The predicted octanol–water partition coefficient (Wildman–Crippen LogP) is 2.86. The number of benzene rings is 2. The number of ether oxygens (including phenoxy) is 3. The average Bonchev–Trinajstić information content (AvgIpc) is 2.69. The Morgan fingerprint density at radius 2 is 1.73 bits per heavy atom. The second kappa shape index (κ2) is 8.07. The van der Waals surface area contributed by atoms with Crippen molar-refractivity contribution in [2.75, 3.05) is 33.4 Å². The summed E-state index contributed by atoms with van der Waals surface area (Å²) in [5, 5.41) is 0. The van der Waals surface area contributed by atoms with Crippen molar-refractivity contribution < 1.29 is 22.6 Å². The SMILES string of the molecule is CCOc1ccc(S(=O)(=O)N2CCOC(c3ccc(OC)cc3)C2)cc1. The largest absolute Gasteiger partial charge is 0.497 e. The molecule has 2 aromatic carbocycles. The molecule has 1 heterocycles. The first-order valence-corrected chi connectivity index (χ1v) is 9.97. The summed E-state index contributed by atoms with van der Waals surface area (Å²) in [6.45, 7) is 3.40. The minimum Gasteiger partial charge on any atom is -0.497 e. The van der Waals surface area contributed by atoms with E-state index < -0.39 is 10.0 Å². The zero-order valence-corrected chi connectivity index (χ0v) is 15.7. The van der Waals surface area contributed by atoms with Crippen LogP contribution in [0.1, 0.15) is 18.6 Å². The van der Waals surface area contributed by atoms with Crippen LogP contribution in [0, 0.1) is 0 Å². The molecule has 1 atom stereocenters. The number of sulfonamides is 1. The molecular formula is C19H23NO5S. The lowest BCUT2D eigenvalue weighted by Crippen LogP contribution is -2.42. The summed E-state index contributed by atoms with van der Waals surface area (Å²) >= 11 is 0. The highest BCUT2D eigenvalue weighted by Crippen LogP contribution is 2.28. The van der Waals surface area contributed by atoms with E-state index in [-0.39, 0.29) is 17.5 Å². The van der Waals surface area contributed by atoms with E-state index in [4.69, 9.17) is 14.2 Å². The Morgan fingerprint density at radius 3 is 2.35 bits per heavy atom. The molecule has 140 valence electrons. The second-order valence-electron chi connectivity index (χ2n) is 5.90. The van der Waals surface area contributed by atoms with Crippen LogP contribution in [0.5, 0.6) is 11.5 Å². The summed E-state index contributed by atoms with van der Waals surface area (Å²) in [4.78, 5) is 0.260. The molecular weight excluding hydrogens is 354 g/mol. The first-order valence-electron chi connectivity index (χ1n) is 8.53. The van der Waals surface area contributed by atoms with Crippen molar-refractivity contribution in [3.05, 3.63) is 54.1 Å². The summed E-state index contributed by atoms with van der Waals surface area (Å²) in [7, 11) is -1.97.